The predicted octanol–water partition coefficient (Wildman–Crippen LogP) is 1.99. The zero-order chi connectivity index (χ0) is 18.1. The molecule has 1 saturated heterocycles. The second-order valence-electron chi connectivity index (χ2n) is 5.64. The molecule has 2 atom stereocenters. The molecule has 1 aliphatic rings. The number of piperidine rings is 1. The minimum absolute atomic E-state index is 0.267. The number of carbonyl (C=O) groups excluding carboxylic acids is 2. The highest BCUT2D eigenvalue weighted by Gasteiger charge is 2.28. The van der Waals surface area contributed by atoms with Crippen LogP contribution in [0, 0.1) is 0 Å². The highest BCUT2D eigenvalue weighted by Crippen LogP contribution is 2.28. The zero-order valence-electron chi connectivity index (χ0n) is 14.2. The predicted molar refractivity (Wildman–Crippen MR) is 94.3 cm³/mol. The van der Waals surface area contributed by atoms with Crippen molar-refractivity contribution in [2.45, 2.75) is 25.6 Å². The van der Waals surface area contributed by atoms with Gasteiger partial charge in [-0.15, -0.1) is 0 Å². The molecular formula is C19H23NO5. The van der Waals surface area contributed by atoms with Crippen molar-refractivity contribution >= 4 is 23.7 Å². The SMILES string of the molecule is CCOC=O.O=CN1CC[C@@H](Oc2cccc3ccccc23)[C@H](O)C1. The molecule has 0 spiro atoms. The summed E-state index contributed by atoms with van der Waals surface area (Å²) in [4.78, 5) is 21.5. The molecule has 0 radical (unpaired) electrons. The second-order valence-corrected chi connectivity index (χ2v) is 5.64. The van der Waals surface area contributed by atoms with Crippen LogP contribution in [-0.2, 0) is 14.3 Å². The maximum atomic E-state index is 10.7. The van der Waals surface area contributed by atoms with E-state index in [0.717, 1.165) is 22.9 Å². The Kier molecular flexibility index (Phi) is 7.22. The maximum Gasteiger partial charge on any atom is 0.293 e. The minimum atomic E-state index is -0.645. The number of rotatable bonds is 5. The summed E-state index contributed by atoms with van der Waals surface area (Å²) in [6, 6.07) is 13.9. The van der Waals surface area contributed by atoms with Crippen molar-refractivity contribution < 1.29 is 24.2 Å². The summed E-state index contributed by atoms with van der Waals surface area (Å²) in [5.74, 6) is 0.784. The van der Waals surface area contributed by atoms with Gasteiger partial charge in [0.05, 0.1) is 6.61 Å². The highest BCUT2D eigenvalue weighted by molar-refractivity contribution is 5.88. The van der Waals surface area contributed by atoms with Crippen LogP contribution in [-0.4, -0.2) is 54.8 Å². The lowest BCUT2D eigenvalue weighted by Crippen LogP contribution is -2.48. The smallest absolute Gasteiger partial charge is 0.293 e. The summed E-state index contributed by atoms with van der Waals surface area (Å²) in [7, 11) is 0. The van der Waals surface area contributed by atoms with E-state index in [0.29, 0.717) is 32.6 Å². The maximum absolute atomic E-state index is 10.7. The van der Waals surface area contributed by atoms with Crippen LogP contribution in [0.5, 0.6) is 5.75 Å². The Labute approximate surface area is 147 Å². The van der Waals surface area contributed by atoms with E-state index in [1.165, 1.54) is 0 Å². The summed E-state index contributed by atoms with van der Waals surface area (Å²) in [5.41, 5.74) is 0. The average Bonchev–Trinajstić information content (AvgIpc) is 2.65. The van der Waals surface area contributed by atoms with Crippen molar-refractivity contribution in [1.82, 2.24) is 4.90 Å². The van der Waals surface area contributed by atoms with Gasteiger partial charge < -0.3 is 19.5 Å². The third-order valence-electron chi connectivity index (χ3n) is 3.96. The molecular weight excluding hydrogens is 322 g/mol. The van der Waals surface area contributed by atoms with Crippen LogP contribution >= 0.6 is 0 Å². The molecule has 1 N–H and O–H groups in total. The molecule has 0 aliphatic carbocycles. The van der Waals surface area contributed by atoms with E-state index < -0.39 is 6.10 Å². The van der Waals surface area contributed by atoms with Gasteiger partial charge in [0.25, 0.3) is 6.47 Å². The molecule has 6 heteroatoms. The zero-order valence-corrected chi connectivity index (χ0v) is 14.2. The molecule has 134 valence electrons. The molecule has 0 unspecified atom stereocenters. The van der Waals surface area contributed by atoms with Gasteiger partial charge in [0.1, 0.15) is 18.0 Å². The summed E-state index contributed by atoms with van der Waals surface area (Å²) in [5, 5.41) is 12.2. The highest BCUT2D eigenvalue weighted by atomic mass is 16.5. The van der Waals surface area contributed by atoms with E-state index in [-0.39, 0.29) is 6.10 Å². The number of nitrogens with zero attached hydrogens (tertiary/aromatic N) is 1. The normalized spacial score (nSPS) is 19.5. The van der Waals surface area contributed by atoms with E-state index in [2.05, 4.69) is 4.74 Å². The molecule has 0 saturated carbocycles. The Bertz CT molecular complexity index is 685. The standard InChI is InChI=1S/C16H17NO3.C3H6O2/c18-11-17-9-8-16(14(19)10-17)20-15-7-3-5-12-4-1-2-6-13(12)15;1-2-5-3-4/h1-7,11,14,16,19H,8-10H2;3H,2H2,1H3/t14-,16-;/m1./s1. The number of fused-ring (bicyclic) bond motifs is 1. The van der Waals surface area contributed by atoms with Crippen molar-refractivity contribution in [3.63, 3.8) is 0 Å². The lowest BCUT2D eigenvalue weighted by molar-refractivity contribution is -0.128. The first-order chi connectivity index (χ1) is 12.2. The number of likely N-dealkylation sites (tertiary alicyclic amines) is 1. The van der Waals surface area contributed by atoms with Crippen LogP contribution in [0.25, 0.3) is 10.8 Å². The molecule has 25 heavy (non-hydrogen) atoms. The van der Waals surface area contributed by atoms with E-state index in [9.17, 15) is 14.7 Å². The number of amides is 1. The van der Waals surface area contributed by atoms with E-state index >= 15 is 0 Å². The quantitative estimate of drug-likeness (QED) is 0.839. The monoisotopic (exact) mass is 345 g/mol. The van der Waals surface area contributed by atoms with Gasteiger partial charge in [-0.2, -0.15) is 0 Å². The molecule has 2 aromatic carbocycles. The first-order valence-electron chi connectivity index (χ1n) is 8.26. The molecule has 0 aromatic heterocycles. The van der Waals surface area contributed by atoms with Crippen LogP contribution in [0.1, 0.15) is 13.3 Å². The van der Waals surface area contributed by atoms with Crippen LogP contribution in [0.2, 0.25) is 0 Å². The largest absolute Gasteiger partial charge is 0.487 e. The first-order valence-corrected chi connectivity index (χ1v) is 8.26. The van der Waals surface area contributed by atoms with E-state index in [1.54, 1.807) is 11.8 Å². The van der Waals surface area contributed by atoms with Crippen molar-refractivity contribution in [3.05, 3.63) is 42.5 Å². The lowest BCUT2D eigenvalue weighted by Gasteiger charge is -2.34. The first kappa shape index (κ1) is 18.7. The van der Waals surface area contributed by atoms with Crippen LogP contribution in [0.4, 0.5) is 0 Å². The van der Waals surface area contributed by atoms with Gasteiger partial charge in [0, 0.05) is 24.9 Å². The molecule has 1 fully saturated rings. The van der Waals surface area contributed by atoms with Crippen LogP contribution in [0.15, 0.2) is 42.5 Å². The number of ether oxygens (including phenoxy) is 2. The van der Waals surface area contributed by atoms with Gasteiger partial charge in [0.15, 0.2) is 0 Å². The van der Waals surface area contributed by atoms with Crippen molar-refractivity contribution in [2.24, 2.45) is 0 Å². The molecule has 6 nitrogen and oxygen atoms in total. The van der Waals surface area contributed by atoms with Gasteiger partial charge in [-0.25, -0.2) is 0 Å². The fraction of sp³-hybridized carbons (Fsp3) is 0.368. The topological polar surface area (TPSA) is 76.1 Å². The Morgan fingerprint density at radius 1 is 1.20 bits per heavy atom. The van der Waals surface area contributed by atoms with Gasteiger partial charge in [-0.3, -0.25) is 9.59 Å². The second kappa shape index (κ2) is 9.64. The number of hydrogen-bond acceptors (Lipinski definition) is 5. The Morgan fingerprint density at radius 3 is 2.60 bits per heavy atom. The summed E-state index contributed by atoms with van der Waals surface area (Å²) >= 11 is 0. The van der Waals surface area contributed by atoms with Gasteiger partial charge >= 0.3 is 0 Å². The fourth-order valence-electron chi connectivity index (χ4n) is 2.70. The summed E-state index contributed by atoms with van der Waals surface area (Å²) < 4.78 is 10.1. The third kappa shape index (κ3) is 5.19. The molecule has 3 rings (SSSR count). The van der Waals surface area contributed by atoms with Gasteiger partial charge in [-0.05, 0) is 18.4 Å². The lowest BCUT2D eigenvalue weighted by atomic mass is 10.0. The van der Waals surface area contributed by atoms with Crippen LogP contribution in [0.3, 0.4) is 0 Å². The summed E-state index contributed by atoms with van der Waals surface area (Å²) in [6.07, 6.45) is 0.505. The number of carbonyl (C=O) groups is 2. The number of benzene rings is 2. The molecule has 2 aromatic rings. The summed E-state index contributed by atoms with van der Waals surface area (Å²) in [6.45, 7) is 3.62. The molecule has 0 bridgehead atoms. The number of hydrogen-bond donors (Lipinski definition) is 1. The van der Waals surface area contributed by atoms with Crippen molar-refractivity contribution in [2.75, 3.05) is 19.7 Å². The minimum Gasteiger partial charge on any atom is -0.487 e. The number of aliphatic hydroxyl groups excluding tert-OH is 1. The van der Waals surface area contributed by atoms with Crippen LogP contribution < -0.4 is 4.74 Å². The molecule has 1 amide bonds. The Balaban J connectivity index is 0.000000399. The molecule has 1 aliphatic heterocycles. The van der Waals surface area contributed by atoms with Gasteiger partial charge in [0.2, 0.25) is 6.41 Å². The van der Waals surface area contributed by atoms with E-state index in [1.807, 2.05) is 42.5 Å². The molecule has 1 heterocycles. The van der Waals surface area contributed by atoms with Crippen molar-refractivity contribution in [1.29, 1.82) is 0 Å². The number of β-amino-alcohol motifs (C(OH)–C–C–N with tert-alkyl or cyclic N) is 1. The Morgan fingerprint density at radius 2 is 1.96 bits per heavy atom. The number of aliphatic hydroxyl groups is 1. The Hall–Kier alpha value is -2.60. The fourth-order valence-corrected chi connectivity index (χ4v) is 2.70. The third-order valence-corrected chi connectivity index (χ3v) is 3.96. The van der Waals surface area contributed by atoms with Gasteiger partial charge in [-0.1, -0.05) is 36.4 Å². The van der Waals surface area contributed by atoms with Crippen molar-refractivity contribution in [3.8, 4) is 5.75 Å². The van der Waals surface area contributed by atoms with E-state index in [4.69, 9.17) is 4.74 Å². The average molecular weight is 345 g/mol.